The number of amides is 1. The molecule has 0 bridgehead atoms. The van der Waals surface area contributed by atoms with E-state index in [-0.39, 0.29) is 11.5 Å². The Morgan fingerprint density at radius 2 is 1.87 bits per heavy atom. The summed E-state index contributed by atoms with van der Waals surface area (Å²) in [4.78, 5) is 11.7. The third kappa shape index (κ3) is 5.66. The minimum absolute atomic E-state index is 0.0988. The number of hydrogen-bond acceptors (Lipinski definition) is 4. The molecular formula is C13H14Cl4N2O3S. The first-order chi connectivity index (χ1) is 10.6. The Kier molecular flexibility index (Phi) is 6.09. The summed E-state index contributed by atoms with van der Waals surface area (Å²) in [5, 5.41) is 6.16. The summed E-state index contributed by atoms with van der Waals surface area (Å²) in [5.74, 6) is -1.15. The molecule has 2 atom stereocenters. The lowest BCUT2D eigenvalue weighted by atomic mass is 10.1. The molecule has 1 aliphatic rings. The zero-order valence-corrected chi connectivity index (χ0v) is 15.6. The average Bonchev–Trinajstić information content (AvgIpc) is 2.70. The third-order valence-electron chi connectivity index (χ3n) is 3.38. The Morgan fingerprint density at radius 1 is 1.22 bits per heavy atom. The van der Waals surface area contributed by atoms with Crippen molar-refractivity contribution in [1.29, 1.82) is 0 Å². The molecule has 128 valence electrons. The van der Waals surface area contributed by atoms with E-state index in [2.05, 4.69) is 10.6 Å². The molecule has 1 amide bonds. The van der Waals surface area contributed by atoms with Crippen LogP contribution in [-0.4, -0.2) is 41.7 Å². The van der Waals surface area contributed by atoms with Crippen LogP contribution in [0.15, 0.2) is 24.3 Å². The molecule has 23 heavy (non-hydrogen) atoms. The number of sulfone groups is 1. The molecule has 1 heterocycles. The maximum absolute atomic E-state index is 11.8. The molecule has 2 rings (SSSR count). The van der Waals surface area contributed by atoms with Gasteiger partial charge in [-0.05, 0) is 17.7 Å². The summed E-state index contributed by atoms with van der Waals surface area (Å²) in [5.41, 5.74) is 0.897. The van der Waals surface area contributed by atoms with Gasteiger partial charge in [0.2, 0.25) is 0 Å². The summed E-state index contributed by atoms with van der Waals surface area (Å²) in [7, 11) is -3.28. The van der Waals surface area contributed by atoms with Gasteiger partial charge in [-0.3, -0.25) is 4.79 Å². The zero-order chi connectivity index (χ0) is 17.3. The van der Waals surface area contributed by atoms with E-state index in [1.165, 1.54) is 0 Å². The number of carbonyl (C=O) groups is 1. The van der Waals surface area contributed by atoms with Gasteiger partial charge in [0.25, 0.3) is 9.70 Å². The number of nitrogens with one attached hydrogen (secondary N) is 2. The van der Waals surface area contributed by atoms with E-state index in [4.69, 9.17) is 46.4 Å². The van der Waals surface area contributed by atoms with Crippen LogP contribution in [0.3, 0.4) is 0 Å². The molecule has 0 saturated carbocycles. The fourth-order valence-corrected chi connectivity index (χ4v) is 4.61. The van der Waals surface area contributed by atoms with Gasteiger partial charge >= 0.3 is 0 Å². The third-order valence-corrected chi connectivity index (χ3v) is 5.87. The van der Waals surface area contributed by atoms with Crippen LogP contribution in [0.4, 0.5) is 0 Å². The highest BCUT2D eigenvalue weighted by molar-refractivity contribution is 7.91. The molecule has 0 radical (unpaired) electrons. The van der Waals surface area contributed by atoms with Crippen molar-refractivity contribution in [2.45, 2.75) is 22.4 Å². The predicted molar refractivity (Wildman–Crippen MR) is 93.0 cm³/mol. The van der Waals surface area contributed by atoms with Crippen LogP contribution in [0.25, 0.3) is 0 Å². The number of rotatable bonds is 4. The van der Waals surface area contributed by atoms with Crippen LogP contribution < -0.4 is 10.6 Å². The zero-order valence-electron chi connectivity index (χ0n) is 11.7. The normalized spacial score (nSPS) is 23.7. The van der Waals surface area contributed by atoms with Crippen LogP contribution in [0.5, 0.6) is 0 Å². The lowest BCUT2D eigenvalue weighted by Crippen LogP contribution is -2.51. The van der Waals surface area contributed by atoms with Crippen LogP contribution in [-0.2, 0) is 21.2 Å². The number of benzene rings is 1. The van der Waals surface area contributed by atoms with Crippen LogP contribution in [0.2, 0.25) is 5.02 Å². The van der Waals surface area contributed by atoms with Gasteiger partial charge in [-0.25, -0.2) is 8.42 Å². The van der Waals surface area contributed by atoms with Gasteiger partial charge in [0.15, 0.2) is 9.84 Å². The second-order valence-corrected chi connectivity index (χ2v) is 10.1. The lowest BCUT2D eigenvalue weighted by Gasteiger charge is -2.22. The van der Waals surface area contributed by atoms with Crippen LogP contribution in [0, 0.1) is 0 Å². The SMILES string of the molecule is O=C(N[C@@H]1CS(=O)(=O)C[C@H]1NCc1cccc(Cl)c1)C(Cl)(Cl)Cl. The maximum Gasteiger partial charge on any atom is 0.272 e. The molecule has 1 fully saturated rings. The van der Waals surface area contributed by atoms with Crippen LogP contribution >= 0.6 is 46.4 Å². The van der Waals surface area contributed by atoms with Crippen molar-refractivity contribution >= 4 is 62.1 Å². The van der Waals surface area contributed by atoms with E-state index >= 15 is 0 Å². The van der Waals surface area contributed by atoms with Crippen molar-refractivity contribution in [2.75, 3.05) is 11.5 Å². The molecule has 1 aliphatic heterocycles. The van der Waals surface area contributed by atoms with E-state index in [0.717, 1.165) is 5.56 Å². The number of carbonyl (C=O) groups excluding carboxylic acids is 1. The van der Waals surface area contributed by atoms with E-state index in [0.29, 0.717) is 11.6 Å². The minimum atomic E-state index is -3.28. The largest absolute Gasteiger partial charge is 0.347 e. The summed E-state index contributed by atoms with van der Waals surface area (Å²) in [6, 6.07) is 6.03. The monoisotopic (exact) mass is 418 g/mol. The van der Waals surface area contributed by atoms with E-state index in [1.54, 1.807) is 18.2 Å². The topological polar surface area (TPSA) is 75.3 Å². The summed E-state index contributed by atoms with van der Waals surface area (Å²) in [6.45, 7) is 0.404. The van der Waals surface area contributed by atoms with Crippen molar-refractivity contribution in [3.05, 3.63) is 34.9 Å². The van der Waals surface area contributed by atoms with Gasteiger partial charge in [0, 0.05) is 17.6 Å². The smallest absolute Gasteiger partial charge is 0.272 e. The van der Waals surface area contributed by atoms with Gasteiger partial charge in [-0.1, -0.05) is 58.5 Å². The van der Waals surface area contributed by atoms with Gasteiger partial charge in [0.1, 0.15) is 0 Å². The molecule has 0 aliphatic carbocycles. The molecule has 1 aromatic rings. The Morgan fingerprint density at radius 3 is 2.48 bits per heavy atom. The summed E-state index contributed by atoms with van der Waals surface area (Å²) in [6.07, 6.45) is 0. The lowest BCUT2D eigenvalue weighted by molar-refractivity contribution is -0.120. The Bertz CT molecular complexity index is 691. The molecule has 0 aromatic heterocycles. The first kappa shape index (κ1) is 19.1. The highest BCUT2D eigenvalue weighted by Crippen LogP contribution is 2.27. The second kappa shape index (κ2) is 7.33. The first-order valence-electron chi connectivity index (χ1n) is 6.63. The summed E-state index contributed by atoms with van der Waals surface area (Å²) < 4.78 is 21.5. The van der Waals surface area contributed by atoms with E-state index in [9.17, 15) is 13.2 Å². The molecule has 2 N–H and O–H groups in total. The van der Waals surface area contributed by atoms with Crippen molar-refractivity contribution in [2.24, 2.45) is 0 Å². The predicted octanol–water partition coefficient (Wildman–Crippen LogP) is 2.08. The number of alkyl halides is 3. The average molecular weight is 420 g/mol. The molecule has 1 saturated heterocycles. The molecular weight excluding hydrogens is 406 g/mol. The van der Waals surface area contributed by atoms with Crippen molar-refractivity contribution in [3.8, 4) is 0 Å². The molecule has 0 unspecified atom stereocenters. The van der Waals surface area contributed by atoms with Crippen molar-refractivity contribution in [3.63, 3.8) is 0 Å². The number of hydrogen-bond donors (Lipinski definition) is 2. The quantitative estimate of drug-likeness (QED) is 0.732. The van der Waals surface area contributed by atoms with Crippen molar-refractivity contribution in [1.82, 2.24) is 10.6 Å². The van der Waals surface area contributed by atoms with Gasteiger partial charge in [0.05, 0.1) is 17.5 Å². The molecule has 0 spiro atoms. The summed E-state index contributed by atoms with van der Waals surface area (Å²) >= 11 is 22.4. The molecule has 5 nitrogen and oxygen atoms in total. The van der Waals surface area contributed by atoms with E-state index in [1.807, 2.05) is 6.07 Å². The Labute approximate surface area is 154 Å². The van der Waals surface area contributed by atoms with Crippen molar-refractivity contribution < 1.29 is 13.2 Å². The standard InChI is InChI=1S/C13H14Cl4N2O3S/c14-9-3-1-2-8(4-9)5-18-10-6-23(21,22)7-11(10)19-12(20)13(15,16)17/h1-4,10-11,18H,5-7H2,(H,19,20)/t10-,11-/m1/s1. The van der Waals surface area contributed by atoms with E-state index < -0.39 is 31.6 Å². The van der Waals surface area contributed by atoms with Gasteiger partial charge in [-0.15, -0.1) is 0 Å². The van der Waals surface area contributed by atoms with Crippen LogP contribution in [0.1, 0.15) is 5.56 Å². The second-order valence-electron chi connectivity index (χ2n) is 5.27. The Hall–Kier alpha value is -0.240. The highest BCUT2D eigenvalue weighted by atomic mass is 35.6. The Balaban J connectivity index is 2.04. The molecule has 10 heteroatoms. The van der Waals surface area contributed by atoms with Gasteiger partial charge < -0.3 is 10.6 Å². The highest BCUT2D eigenvalue weighted by Gasteiger charge is 2.41. The minimum Gasteiger partial charge on any atom is -0.347 e. The number of halogens is 4. The van der Waals surface area contributed by atoms with Gasteiger partial charge in [-0.2, -0.15) is 0 Å². The maximum atomic E-state index is 11.8. The fourth-order valence-electron chi connectivity index (χ4n) is 2.34. The first-order valence-corrected chi connectivity index (χ1v) is 9.96. The fraction of sp³-hybridized carbons (Fsp3) is 0.462. The molecule has 1 aromatic carbocycles.